The lowest BCUT2D eigenvalue weighted by Gasteiger charge is -2.19. The van der Waals surface area contributed by atoms with Crippen molar-refractivity contribution >= 4 is 58.7 Å². The maximum absolute atomic E-state index is 11.8. The lowest BCUT2D eigenvalue weighted by atomic mass is 10.1. The van der Waals surface area contributed by atoms with E-state index in [0.717, 1.165) is 30.3 Å². The minimum absolute atomic E-state index is 0.00663. The van der Waals surface area contributed by atoms with Gasteiger partial charge in [-0.2, -0.15) is 16.8 Å². The van der Waals surface area contributed by atoms with E-state index in [-0.39, 0.29) is 16.5 Å². The summed E-state index contributed by atoms with van der Waals surface area (Å²) in [6, 6.07) is 5.53. The number of rotatable bonds is 9. The monoisotopic (exact) mass is 574 g/mol. The minimum atomic E-state index is -4.89. The Morgan fingerprint density at radius 2 is 1.46 bits per heavy atom. The molecule has 0 bridgehead atoms. The maximum atomic E-state index is 11.8. The van der Waals surface area contributed by atoms with Crippen molar-refractivity contribution in [1.29, 1.82) is 0 Å². The van der Waals surface area contributed by atoms with Crippen LogP contribution in [0.3, 0.4) is 0 Å². The molecule has 0 radical (unpaired) electrons. The number of phenolic OH excluding ortho intramolecular Hbond substituents is 1. The molecule has 0 aromatic heterocycles. The molecule has 3 rings (SSSR count). The van der Waals surface area contributed by atoms with E-state index in [0.29, 0.717) is 0 Å². The van der Waals surface area contributed by atoms with Gasteiger partial charge in [-0.1, -0.05) is 0 Å². The smallest absolute Gasteiger partial charge is 0.296 e. The minimum Gasteiger partial charge on any atom is -0.505 e. The number of benzene rings is 3. The number of hydrogen-bond donors (Lipinski definition) is 4. The Morgan fingerprint density at radius 1 is 0.838 bits per heavy atom. The Balaban J connectivity index is 2.44. The largest absolute Gasteiger partial charge is 0.505 e. The fourth-order valence-electron chi connectivity index (χ4n) is 3.12. The van der Waals surface area contributed by atoms with Crippen molar-refractivity contribution < 1.29 is 35.8 Å². The number of aromatic hydroxyl groups is 1. The van der Waals surface area contributed by atoms with E-state index in [1.165, 1.54) is 13.2 Å². The van der Waals surface area contributed by atoms with E-state index in [1.807, 2.05) is 0 Å². The Kier molecular flexibility index (Phi) is 7.23. The molecular formula is C17H14N6O11S3. The number of nitrogen functional groups attached to an aromatic ring is 1. The Morgan fingerprint density at radius 3 is 1.97 bits per heavy atom. The third-order valence-electron chi connectivity index (χ3n) is 4.76. The SMILES string of the molecule is COc1ccc(N=Nc2c(S(N=O)(N=O)N=O)cc3cc(S(=O)(=O)O)cc(N)c3c2O)c(S(=O)(=O)O)c1. The topological polar surface area (TPSA) is 277 Å². The summed E-state index contributed by atoms with van der Waals surface area (Å²) in [7, 11) is -12.9. The van der Waals surface area contributed by atoms with Crippen LogP contribution in [-0.4, -0.2) is 38.2 Å². The van der Waals surface area contributed by atoms with Gasteiger partial charge in [-0.25, -0.2) is 0 Å². The van der Waals surface area contributed by atoms with Crippen LogP contribution in [0.15, 0.2) is 75.1 Å². The van der Waals surface area contributed by atoms with E-state index in [4.69, 9.17) is 10.5 Å². The van der Waals surface area contributed by atoms with Gasteiger partial charge in [-0.15, -0.1) is 24.9 Å². The first kappa shape index (κ1) is 27.5. The maximum Gasteiger partial charge on any atom is 0.296 e. The summed E-state index contributed by atoms with van der Waals surface area (Å²) in [6.45, 7) is 0. The fourth-order valence-corrected chi connectivity index (χ4v) is 5.32. The molecular weight excluding hydrogens is 560 g/mol. The Hall–Kier alpha value is -4.11. The number of azo groups is 1. The molecule has 196 valence electrons. The molecule has 5 N–H and O–H groups in total. The van der Waals surface area contributed by atoms with Crippen LogP contribution < -0.4 is 10.5 Å². The van der Waals surface area contributed by atoms with Gasteiger partial charge in [0.25, 0.3) is 20.2 Å². The summed E-state index contributed by atoms with van der Waals surface area (Å²) < 4.78 is 77.6. The summed E-state index contributed by atoms with van der Waals surface area (Å²) in [5, 5.41) is 17.5. The van der Waals surface area contributed by atoms with Crippen LogP contribution in [0.25, 0.3) is 10.8 Å². The predicted octanol–water partition coefficient (Wildman–Crippen LogP) is 4.25. The van der Waals surface area contributed by atoms with Crippen LogP contribution >= 0.6 is 10.6 Å². The number of methoxy groups -OCH3 is 1. The highest BCUT2D eigenvalue weighted by Gasteiger charge is 2.37. The van der Waals surface area contributed by atoms with Crippen LogP contribution in [0.2, 0.25) is 0 Å². The van der Waals surface area contributed by atoms with Crippen molar-refractivity contribution in [3.63, 3.8) is 0 Å². The number of nitroso groups, excluding NO2 is 3. The number of ether oxygens (including phenoxy) is 1. The van der Waals surface area contributed by atoms with Gasteiger partial charge in [0.05, 0.1) is 16.9 Å². The quantitative estimate of drug-likeness (QED) is 0.121. The summed E-state index contributed by atoms with van der Waals surface area (Å²) in [6.07, 6.45) is 0. The van der Waals surface area contributed by atoms with E-state index >= 15 is 0 Å². The highest BCUT2D eigenvalue weighted by atomic mass is 32.3. The van der Waals surface area contributed by atoms with E-state index < -0.39 is 68.3 Å². The van der Waals surface area contributed by atoms with Crippen LogP contribution in [0, 0.1) is 14.7 Å². The molecule has 17 nitrogen and oxygen atoms in total. The van der Waals surface area contributed by atoms with Gasteiger partial charge in [0, 0.05) is 30.9 Å². The van der Waals surface area contributed by atoms with Gasteiger partial charge in [-0.05, 0) is 35.7 Å². The summed E-state index contributed by atoms with van der Waals surface area (Å²) in [5.74, 6) is -0.961. The van der Waals surface area contributed by atoms with Gasteiger partial charge < -0.3 is 15.6 Å². The molecule has 3 aromatic rings. The predicted molar refractivity (Wildman–Crippen MR) is 130 cm³/mol. The number of anilines is 1. The highest BCUT2D eigenvalue weighted by molar-refractivity contribution is 8.30. The average Bonchev–Trinajstić information content (AvgIpc) is 2.83. The summed E-state index contributed by atoms with van der Waals surface area (Å²) >= 11 is 0. The van der Waals surface area contributed by atoms with Gasteiger partial charge in [0.1, 0.15) is 22.0 Å². The molecule has 20 heteroatoms. The molecule has 0 fully saturated rings. The standard InChI is InChI=1S/C17H14N6O11S3/c1-34-9-2-3-12(13(6-9)37(31,32)33)19-20-16-14(35(21-25,22-26)23-27)5-8-4-10(36(28,29)30)7-11(18)15(8)17(16)24/h2-7,24H,18H2,1H3,(H,28,29,30)(H,31,32,33). The van der Waals surface area contributed by atoms with E-state index in [2.05, 4.69) is 24.0 Å². The van der Waals surface area contributed by atoms with Crippen molar-refractivity contribution in [3.8, 4) is 11.5 Å². The molecule has 0 atom stereocenters. The van der Waals surface area contributed by atoms with Crippen LogP contribution in [0.4, 0.5) is 17.1 Å². The first-order valence-corrected chi connectivity index (χ1v) is 13.6. The molecule has 0 aliphatic heterocycles. The zero-order valence-corrected chi connectivity index (χ0v) is 20.6. The van der Waals surface area contributed by atoms with Crippen molar-refractivity contribution in [2.75, 3.05) is 12.8 Å². The second kappa shape index (κ2) is 9.74. The van der Waals surface area contributed by atoms with Gasteiger partial charge in [0.2, 0.25) is 0 Å². The zero-order chi connectivity index (χ0) is 27.8. The second-order valence-electron chi connectivity index (χ2n) is 6.91. The van der Waals surface area contributed by atoms with Crippen molar-refractivity contribution in [3.05, 3.63) is 51.1 Å². The first-order chi connectivity index (χ1) is 17.2. The van der Waals surface area contributed by atoms with Crippen molar-refractivity contribution in [1.82, 2.24) is 0 Å². The van der Waals surface area contributed by atoms with Gasteiger partial charge in [-0.3, -0.25) is 9.11 Å². The van der Waals surface area contributed by atoms with Crippen molar-refractivity contribution in [2.24, 2.45) is 24.0 Å². The Labute approximate surface area is 208 Å². The number of hydrogen-bond acceptors (Lipinski definition) is 15. The lowest BCUT2D eigenvalue weighted by molar-refractivity contribution is 0.412. The van der Waals surface area contributed by atoms with Crippen LogP contribution in [0.5, 0.6) is 11.5 Å². The molecule has 0 amide bonds. The normalized spacial score (nSPS) is 12.9. The fraction of sp³-hybridized carbons (Fsp3) is 0.0588. The van der Waals surface area contributed by atoms with E-state index in [9.17, 15) is 45.8 Å². The molecule has 0 spiro atoms. The summed E-state index contributed by atoms with van der Waals surface area (Å²) in [4.78, 5) is 32.1. The Bertz CT molecular complexity index is 1690. The molecule has 0 unspecified atom stereocenters. The third kappa shape index (κ3) is 5.08. The molecule has 0 saturated carbocycles. The van der Waals surface area contributed by atoms with E-state index in [1.54, 1.807) is 0 Å². The van der Waals surface area contributed by atoms with Crippen LogP contribution in [0.1, 0.15) is 0 Å². The molecule has 0 aliphatic rings. The number of nitrogens with two attached hydrogens (primary N) is 1. The second-order valence-corrected chi connectivity index (χ2v) is 11.6. The lowest BCUT2D eigenvalue weighted by Crippen LogP contribution is -2.01. The average molecular weight is 575 g/mol. The first-order valence-electron chi connectivity index (χ1n) is 9.23. The molecule has 3 aromatic carbocycles. The number of nitrogens with zero attached hydrogens (tertiary/aromatic N) is 5. The van der Waals surface area contributed by atoms with Crippen molar-refractivity contribution in [2.45, 2.75) is 14.7 Å². The third-order valence-corrected chi connectivity index (χ3v) is 8.00. The number of phenols is 1. The van der Waals surface area contributed by atoms with Gasteiger partial charge in [0.15, 0.2) is 16.3 Å². The molecule has 0 aliphatic carbocycles. The highest BCUT2D eigenvalue weighted by Crippen LogP contribution is 2.65. The molecule has 37 heavy (non-hydrogen) atoms. The number of fused-ring (bicyclic) bond motifs is 1. The molecule has 0 saturated heterocycles. The van der Waals surface area contributed by atoms with Crippen LogP contribution in [-0.2, 0) is 20.2 Å². The summed E-state index contributed by atoms with van der Waals surface area (Å²) in [5.41, 5.74) is 4.04. The van der Waals surface area contributed by atoms with Gasteiger partial charge >= 0.3 is 0 Å². The molecule has 0 heterocycles. The zero-order valence-electron chi connectivity index (χ0n) is 18.1.